The largest absolute Gasteiger partial charge is 0.310 e. The predicted octanol–water partition coefficient (Wildman–Crippen LogP) is 0.528. The van der Waals surface area contributed by atoms with Gasteiger partial charge in [0, 0.05) is 24.7 Å². The van der Waals surface area contributed by atoms with Crippen LogP contribution in [0.2, 0.25) is 0 Å². The monoisotopic (exact) mass is 317 g/mol. The highest BCUT2D eigenvalue weighted by atomic mass is 32.2. The van der Waals surface area contributed by atoms with Gasteiger partial charge in [-0.3, -0.25) is 5.10 Å². The Balaban J connectivity index is 2.52. The van der Waals surface area contributed by atoms with E-state index in [1.807, 2.05) is 27.9 Å². The Labute approximate surface area is 127 Å². The maximum absolute atomic E-state index is 12.2. The van der Waals surface area contributed by atoms with Crippen LogP contribution in [0.25, 0.3) is 0 Å². The second-order valence-corrected chi connectivity index (χ2v) is 7.37. The molecule has 1 rings (SSSR count). The first-order chi connectivity index (χ1) is 9.83. The molecule has 3 N–H and O–H groups in total. The molecule has 1 aromatic rings. The highest BCUT2D eigenvalue weighted by molar-refractivity contribution is 7.89. The number of nitrogens with one attached hydrogen (secondary N) is 3. The predicted molar refractivity (Wildman–Crippen MR) is 83.5 cm³/mol. The molecule has 1 aromatic heterocycles. The molecule has 8 heteroatoms. The van der Waals surface area contributed by atoms with E-state index < -0.39 is 10.0 Å². The van der Waals surface area contributed by atoms with Crippen molar-refractivity contribution in [3.63, 3.8) is 0 Å². The highest BCUT2D eigenvalue weighted by Gasteiger charge is 2.20. The first-order valence-electron chi connectivity index (χ1n) is 7.23. The Kier molecular flexibility index (Phi) is 7.30. The average molecular weight is 317 g/mol. The van der Waals surface area contributed by atoms with Crippen molar-refractivity contribution >= 4 is 10.0 Å². The number of sulfonamides is 1. The molecule has 0 saturated carbocycles. The summed E-state index contributed by atoms with van der Waals surface area (Å²) in [5, 5.41) is 9.77. The third-order valence-corrected chi connectivity index (χ3v) is 4.45. The van der Waals surface area contributed by atoms with Crippen LogP contribution in [0, 0.1) is 0 Å². The van der Waals surface area contributed by atoms with Crippen molar-refractivity contribution in [1.29, 1.82) is 0 Å². The standard InChI is InChI=1S/C13H27N5O2S/c1-11(2)14-9-12-10-15-17-13(12)21(19,20)16-7-5-6-8-18(3)4/h10-11,14,16H,5-9H2,1-4H3,(H,15,17). The number of H-pyrrole nitrogens is 1. The highest BCUT2D eigenvalue weighted by Crippen LogP contribution is 2.11. The van der Waals surface area contributed by atoms with Gasteiger partial charge in [-0.05, 0) is 33.5 Å². The Hall–Kier alpha value is -0.960. The molecular weight excluding hydrogens is 290 g/mol. The molecule has 0 aliphatic carbocycles. The molecule has 0 amide bonds. The van der Waals surface area contributed by atoms with Crippen LogP contribution in [0.5, 0.6) is 0 Å². The Morgan fingerprint density at radius 1 is 1.33 bits per heavy atom. The van der Waals surface area contributed by atoms with Gasteiger partial charge in [0.1, 0.15) is 0 Å². The molecule has 0 aliphatic rings. The van der Waals surface area contributed by atoms with Gasteiger partial charge in [0.15, 0.2) is 5.03 Å². The molecular formula is C13H27N5O2S. The molecule has 0 atom stereocenters. The molecule has 122 valence electrons. The van der Waals surface area contributed by atoms with Crippen LogP contribution in [0.1, 0.15) is 32.3 Å². The molecule has 21 heavy (non-hydrogen) atoms. The smallest absolute Gasteiger partial charge is 0.257 e. The Morgan fingerprint density at radius 3 is 2.67 bits per heavy atom. The van der Waals surface area contributed by atoms with Crippen molar-refractivity contribution in [1.82, 2.24) is 25.1 Å². The Bertz CT molecular complexity index is 510. The third-order valence-electron chi connectivity index (χ3n) is 2.97. The van der Waals surface area contributed by atoms with E-state index in [0.29, 0.717) is 18.7 Å². The Morgan fingerprint density at radius 2 is 2.05 bits per heavy atom. The fraction of sp³-hybridized carbons (Fsp3) is 0.769. The maximum atomic E-state index is 12.2. The molecule has 0 aliphatic heterocycles. The fourth-order valence-corrected chi connectivity index (χ4v) is 3.00. The molecule has 0 bridgehead atoms. The van der Waals surface area contributed by atoms with Gasteiger partial charge in [-0.15, -0.1) is 0 Å². The van der Waals surface area contributed by atoms with Gasteiger partial charge < -0.3 is 10.2 Å². The first-order valence-corrected chi connectivity index (χ1v) is 8.71. The zero-order valence-corrected chi connectivity index (χ0v) is 14.1. The van der Waals surface area contributed by atoms with Gasteiger partial charge in [-0.25, -0.2) is 13.1 Å². The summed E-state index contributed by atoms with van der Waals surface area (Å²) < 4.78 is 27.1. The summed E-state index contributed by atoms with van der Waals surface area (Å²) >= 11 is 0. The van der Waals surface area contributed by atoms with Crippen molar-refractivity contribution in [3.8, 4) is 0 Å². The van der Waals surface area contributed by atoms with Crippen LogP contribution in [0.4, 0.5) is 0 Å². The molecule has 0 radical (unpaired) electrons. The topological polar surface area (TPSA) is 90.1 Å². The zero-order valence-electron chi connectivity index (χ0n) is 13.3. The van der Waals surface area contributed by atoms with E-state index >= 15 is 0 Å². The van der Waals surface area contributed by atoms with Crippen LogP contribution in [-0.4, -0.2) is 56.7 Å². The lowest BCUT2D eigenvalue weighted by molar-refractivity contribution is 0.394. The van der Waals surface area contributed by atoms with Crippen LogP contribution in [-0.2, 0) is 16.6 Å². The normalized spacial score (nSPS) is 12.5. The van der Waals surface area contributed by atoms with E-state index in [4.69, 9.17) is 0 Å². The summed E-state index contributed by atoms with van der Waals surface area (Å²) in [5.41, 5.74) is 0.657. The van der Waals surface area contributed by atoms with Gasteiger partial charge >= 0.3 is 0 Å². The lowest BCUT2D eigenvalue weighted by atomic mass is 10.3. The lowest BCUT2D eigenvalue weighted by Crippen LogP contribution is -2.28. The van der Waals surface area contributed by atoms with Crippen molar-refractivity contribution in [2.24, 2.45) is 0 Å². The van der Waals surface area contributed by atoms with E-state index in [9.17, 15) is 8.42 Å². The van der Waals surface area contributed by atoms with Crippen molar-refractivity contribution in [2.45, 2.75) is 44.3 Å². The van der Waals surface area contributed by atoms with Gasteiger partial charge in [-0.1, -0.05) is 13.8 Å². The van der Waals surface area contributed by atoms with Crippen LogP contribution < -0.4 is 10.0 Å². The van der Waals surface area contributed by atoms with Gasteiger partial charge in [-0.2, -0.15) is 5.10 Å². The quantitative estimate of drug-likeness (QED) is 0.548. The van der Waals surface area contributed by atoms with Crippen molar-refractivity contribution in [2.75, 3.05) is 27.2 Å². The van der Waals surface area contributed by atoms with E-state index in [2.05, 4.69) is 25.1 Å². The fourth-order valence-electron chi connectivity index (χ4n) is 1.80. The minimum Gasteiger partial charge on any atom is -0.310 e. The molecule has 1 heterocycles. The summed E-state index contributed by atoms with van der Waals surface area (Å²) in [6.45, 7) is 5.89. The van der Waals surface area contributed by atoms with Gasteiger partial charge in [0.2, 0.25) is 0 Å². The van der Waals surface area contributed by atoms with Crippen molar-refractivity contribution in [3.05, 3.63) is 11.8 Å². The molecule has 0 unspecified atom stereocenters. The average Bonchev–Trinajstić information content (AvgIpc) is 2.84. The summed E-state index contributed by atoms with van der Waals surface area (Å²) in [7, 11) is 0.488. The first kappa shape index (κ1) is 18.1. The van der Waals surface area contributed by atoms with Gasteiger partial charge in [0.25, 0.3) is 10.0 Å². The van der Waals surface area contributed by atoms with Crippen molar-refractivity contribution < 1.29 is 8.42 Å². The number of hydrogen-bond acceptors (Lipinski definition) is 5. The molecule has 0 aromatic carbocycles. The number of unbranched alkanes of at least 4 members (excludes halogenated alkanes) is 1. The number of aromatic nitrogens is 2. The molecule has 7 nitrogen and oxygen atoms in total. The number of nitrogens with zero attached hydrogens (tertiary/aromatic N) is 2. The SMILES string of the molecule is CC(C)NCc1cn[nH]c1S(=O)(=O)NCCCCN(C)C. The molecule has 0 fully saturated rings. The second-order valence-electron chi connectivity index (χ2n) is 5.67. The van der Waals surface area contributed by atoms with Gasteiger partial charge in [0.05, 0.1) is 6.20 Å². The van der Waals surface area contributed by atoms with E-state index in [-0.39, 0.29) is 11.1 Å². The molecule has 0 spiro atoms. The molecule has 0 saturated heterocycles. The minimum absolute atomic E-state index is 0.156. The number of hydrogen-bond donors (Lipinski definition) is 3. The van der Waals surface area contributed by atoms with Crippen LogP contribution in [0.3, 0.4) is 0 Å². The third kappa shape index (κ3) is 6.56. The summed E-state index contributed by atoms with van der Waals surface area (Å²) in [4.78, 5) is 2.08. The lowest BCUT2D eigenvalue weighted by Gasteiger charge is -2.11. The van der Waals surface area contributed by atoms with E-state index in [1.54, 1.807) is 6.20 Å². The summed E-state index contributed by atoms with van der Waals surface area (Å²) in [6.07, 6.45) is 3.32. The maximum Gasteiger partial charge on any atom is 0.257 e. The van der Waals surface area contributed by atoms with Crippen LogP contribution in [0.15, 0.2) is 11.2 Å². The number of aromatic amines is 1. The second kappa shape index (κ2) is 8.47. The van der Waals surface area contributed by atoms with Crippen LogP contribution >= 0.6 is 0 Å². The zero-order chi connectivity index (χ0) is 15.9. The minimum atomic E-state index is -3.52. The number of rotatable bonds is 10. The van der Waals surface area contributed by atoms with E-state index in [1.165, 1.54) is 0 Å². The van der Waals surface area contributed by atoms with E-state index in [0.717, 1.165) is 19.4 Å². The summed E-state index contributed by atoms with van der Waals surface area (Å²) in [6, 6.07) is 0.287. The summed E-state index contributed by atoms with van der Waals surface area (Å²) in [5.74, 6) is 0.